The minimum atomic E-state index is -0.599. The summed E-state index contributed by atoms with van der Waals surface area (Å²) in [6, 6.07) is 2.11. The van der Waals surface area contributed by atoms with Crippen LogP contribution in [0.3, 0.4) is 0 Å². The number of nitriles is 1. The number of ketones is 4. The van der Waals surface area contributed by atoms with Crippen LogP contribution in [0.5, 0.6) is 0 Å². The Hall–Kier alpha value is -7.73. The molecular formula is C113H200N8O12. The van der Waals surface area contributed by atoms with Crippen LogP contribution in [-0.4, -0.2) is 220 Å². The quantitative estimate of drug-likeness (QED) is 0.0369. The second-order valence-electron chi connectivity index (χ2n) is 48.9. The summed E-state index contributed by atoms with van der Waals surface area (Å²) in [5, 5.41) is 8.72. The van der Waals surface area contributed by atoms with Crippen molar-refractivity contribution in [3.05, 3.63) is 122 Å². The lowest BCUT2D eigenvalue weighted by atomic mass is 9.79. The number of likely N-dealkylation sites (N-methyl/N-ethyl adjacent to an activating group) is 5. The first-order valence-electron chi connectivity index (χ1n) is 48.8. The van der Waals surface area contributed by atoms with Gasteiger partial charge >= 0.3 is 11.9 Å². The fraction of sp³-hybridized carbons (Fsp3) is 0.726. The summed E-state index contributed by atoms with van der Waals surface area (Å²) in [7, 11) is 13.7. The van der Waals surface area contributed by atoms with Crippen molar-refractivity contribution < 1.29 is 57.4 Å². The van der Waals surface area contributed by atoms with Crippen LogP contribution in [-0.2, 0) is 57.4 Å². The van der Waals surface area contributed by atoms with Gasteiger partial charge in [0.15, 0.2) is 23.1 Å². The number of rotatable bonds is 30. The molecule has 133 heavy (non-hydrogen) atoms. The maximum absolute atomic E-state index is 12.0. The van der Waals surface area contributed by atoms with Crippen LogP contribution in [0, 0.1) is 76.8 Å². The molecule has 20 heteroatoms. The highest BCUT2D eigenvalue weighted by atomic mass is 16.6. The third-order valence-electron chi connectivity index (χ3n) is 21.6. The summed E-state index contributed by atoms with van der Waals surface area (Å²) < 4.78 is 9.99. The van der Waals surface area contributed by atoms with Crippen molar-refractivity contribution in [2.45, 2.75) is 350 Å². The molecule has 20 nitrogen and oxygen atoms in total. The van der Waals surface area contributed by atoms with Crippen molar-refractivity contribution in [2.24, 2.45) is 65.5 Å². The van der Waals surface area contributed by atoms with Gasteiger partial charge in [-0.05, 0) is 231 Å². The predicted octanol–water partition coefficient (Wildman–Crippen LogP) is 24.5. The largest absolute Gasteiger partial charge is 0.462 e. The molecule has 5 aliphatic rings. The molecule has 0 bridgehead atoms. The third kappa shape index (κ3) is 74.2. The van der Waals surface area contributed by atoms with Gasteiger partial charge < -0.3 is 43.8 Å². The van der Waals surface area contributed by atoms with Gasteiger partial charge in [-0.3, -0.25) is 38.4 Å². The van der Waals surface area contributed by atoms with E-state index in [4.69, 9.17) is 14.7 Å². The first-order chi connectivity index (χ1) is 60.2. The third-order valence-corrected chi connectivity index (χ3v) is 21.6. The van der Waals surface area contributed by atoms with Crippen LogP contribution >= 0.6 is 0 Å². The number of esters is 2. The highest BCUT2D eigenvalue weighted by molar-refractivity contribution is 5.97. The molecule has 1 atom stereocenters. The molecule has 0 N–H and O–H groups in total. The average molecular weight is 1860 g/mol. The van der Waals surface area contributed by atoms with E-state index in [9.17, 15) is 47.9 Å². The summed E-state index contributed by atoms with van der Waals surface area (Å²) in [5.41, 5.74) is 3.40. The Morgan fingerprint density at radius 2 is 0.835 bits per heavy atom. The Morgan fingerprint density at radius 3 is 1.11 bits per heavy atom. The van der Waals surface area contributed by atoms with E-state index in [1.54, 1.807) is 29.2 Å². The number of amides is 4. The number of likely N-dealkylation sites (tertiary alicyclic amines) is 1. The molecule has 1 aliphatic heterocycles. The highest BCUT2D eigenvalue weighted by Crippen LogP contribution is 2.50. The minimum Gasteiger partial charge on any atom is -0.462 e. The zero-order chi connectivity index (χ0) is 105. The second kappa shape index (κ2) is 63.6. The van der Waals surface area contributed by atoms with Crippen molar-refractivity contribution in [1.82, 2.24) is 34.3 Å². The fourth-order valence-electron chi connectivity index (χ4n) is 12.4. The van der Waals surface area contributed by atoms with E-state index in [1.165, 1.54) is 37.5 Å². The molecule has 764 valence electrons. The van der Waals surface area contributed by atoms with Gasteiger partial charge in [0, 0.05) is 133 Å². The summed E-state index contributed by atoms with van der Waals surface area (Å²) >= 11 is 0. The van der Waals surface area contributed by atoms with Crippen molar-refractivity contribution in [1.29, 1.82) is 5.26 Å². The smallest absolute Gasteiger partial charge is 0.330 e. The zero-order valence-electron chi connectivity index (χ0n) is 92.9. The lowest BCUT2D eigenvalue weighted by Crippen LogP contribution is -2.40. The molecule has 0 aromatic heterocycles. The first-order valence-corrected chi connectivity index (χ1v) is 48.8. The summed E-state index contributed by atoms with van der Waals surface area (Å²) in [5.74, 6) is 1.48. The maximum Gasteiger partial charge on any atom is 0.330 e. The molecule has 1 saturated heterocycles. The van der Waals surface area contributed by atoms with Crippen LogP contribution in [0.15, 0.2) is 122 Å². The number of carbonyl (C=O) groups excluding carboxylic acids is 10. The number of nitrogens with zero attached hydrogens (tertiary/aromatic N) is 8. The summed E-state index contributed by atoms with van der Waals surface area (Å²) in [4.78, 5) is 128. The Morgan fingerprint density at radius 1 is 0.459 bits per heavy atom. The van der Waals surface area contributed by atoms with Gasteiger partial charge in [-0.25, -0.2) is 9.59 Å². The monoisotopic (exact) mass is 1860 g/mol. The molecular weight excluding hydrogens is 1660 g/mol. The summed E-state index contributed by atoms with van der Waals surface area (Å²) in [6.07, 6.45) is 40.4. The maximum atomic E-state index is 12.0. The van der Waals surface area contributed by atoms with Gasteiger partial charge in [-0.1, -0.05) is 270 Å². The molecule has 4 aliphatic carbocycles. The van der Waals surface area contributed by atoms with Crippen molar-refractivity contribution in [3.8, 4) is 6.07 Å². The summed E-state index contributed by atoms with van der Waals surface area (Å²) in [6.45, 7) is 91.2. The van der Waals surface area contributed by atoms with E-state index in [1.807, 2.05) is 180 Å². The molecule has 1 unspecified atom stereocenters. The molecule has 1 heterocycles. The Bertz CT molecular complexity index is 3770. The number of hydrogen-bond acceptors (Lipinski definition) is 16. The van der Waals surface area contributed by atoms with Crippen molar-refractivity contribution in [3.63, 3.8) is 0 Å². The van der Waals surface area contributed by atoms with Crippen LogP contribution in [0.2, 0.25) is 0 Å². The van der Waals surface area contributed by atoms with E-state index >= 15 is 0 Å². The minimum absolute atomic E-state index is 0.0403. The van der Waals surface area contributed by atoms with E-state index in [2.05, 4.69) is 196 Å². The van der Waals surface area contributed by atoms with E-state index in [-0.39, 0.29) is 84.7 Å². The Balaban J connectivity index is -0.000000458. The van der Waals surface area contributed by atoms with Gasteiger partial charge in [0.25, 0.3) is 0 Å². The van der Waals surface area contributed by atoms with Crippen LogP contribution < -0.4 is 0 Å². The normalized spacial score (nSPS) is 15.4. The van der Waals surface area contributed by atoms with Gasteiger partial charge in [0.2, 0.25) is 23.6 Å². The predicted molar refractivity (Wildman–Crippen MR) is 562 cm³/mol. The van der Waals surface area contributed by atoms with Gasteiger partial charge in [-0.2, -0.15) is 5.26 Å². The molecule has 4 amide bonds. The fourth-order valence-corrected chi connectivity index (χ4v) is 12.4. The van der Waals surface area contributed by atoms with Crippen molar-refractivity contribution >= 4 is 58.7 Å². The van der Waals surface area contributed by atoms with Crippen LogP contribution in [0.25, 0.3) is 0 Å². The number of carbonyl (C=O) groups is 10. The number of Topliss-reactive ketones (excluding diaryl/α,β-unsaturated/α-hetero) is 4. The second-order valence-corrected chi connectivity index (χ2v) is 48.9. The molecule has 0 radical (unpaired) electrons. The number of hydrogen-bond donors (Lipinski definition) is 0. The zero-order valence-corrected chi connectivity index (χ0v) is 92.9. The Labute approximate surface area is 815 Å². The van der Waals surface area contributed by atoms with Crippen LogP contribution in [0.4, 0.5) is 0 Å². The van der Waals surface area contributed by atoms with E-state index in [0.717, 1.165) is 172 Å². The Kier molecular flexibility index (Phi) is 64.0. The van der Waals surface area contributed by atoms with Crippen LogP contribution in [0.1, 0.15) is 344 Å². The topological polar surface area (TPSA) is 236 Å². The highest BCUT2D eigenvalue weighted by Gasteiger charge is 2.53. The number of ether oxygens (including phenoxy) is 2. The molecule has 0 aromatic rings. The standard InChI is InChI=1S/C14H26N2O.C13H26N2O.C13H22O.C12H24N2O.C12H20O.C11H19NO.C11H18O.C10H18O2.C9H13NO.C8H14O2/c1-7-10-16(12-14(2,3)4)13(17)9-8-11-15(5)6;1-7-15(11-13(2,3)4)12(16)9-8-10-14(5)6;1-13(2,3)10-9-12(14)11-7-5-4-6-8-11;1-12(2,3)10-14(6)11(15)8-7-9-13(4)5;1-12(2,3)9-8-11(13)10-6-4-5-7-10;1-5-10(13)12-7-6-9(8-12)11(2,3)4;1-11(2,3)8-7-10(12)9-5-4-6-9;1-7-8(11)12-10(5,6)9(2,3)4;1-8(2,3)7(11)9(6-10)4-5-9;1-5-7(9)10-6-8(2,3)4/h7-9H,1,10-12H2,2-6H3;8-9H,7,10-11H2,1-6H3;7H,4-6,8-10H2,1-3H3;7-8H,9-10H2,1-6H3;6H,4-5,7-9H2,1-3H3;5,9H,1,6-8H2,2-4H3;5H,4,6-8H2,1-3H3;7H,1H2,2-6H3;4-5H2,1-3H3;5H,1,6H2,2-4H3/b2*9-8+;;8-7+;;;;;;. The SMILES string of the molecule is C=CC(=O)N1CCC(C(C)(C)C)C1.C=CC(=O)OC(C)(C)C(C)(C)C.C=CC(=O)OCC(C)(C)C.C=CCN(CC(C)(C)C)C(=O)/C=C/CN(C)C.CC(C)(C)C(=O)C1(C#N)CC1.CC(C)(C)CCC(=O)C1=CCC1.CC(C)(C)CCC(=O)C1=CCCC1.CC(C)(C)CCC(=O)C1=CCCCC1.CCN(CC(C)(C)C)C(=O)/C=C/CN(C)C.CN(C)C/C=C/C(=O)N(C)CC(C)(C)C. The van der Waals surface area contributed by atoms with Gasteiger partial charge in [-0.15, -0.1) is 6.58 Å². The molecule has 0 spiro atoms. The molecule has 0 aromatic carbocycles. The lowest BCUT2D eigenvalue weighted by molar-refractivity contribution is -0.160. The molecule has 5 rings (SSSR count). The lowest BCUT2D eigenvalue weighted by Gasteiger charge is -2.37. The first kappa shape index (κ1) is 134. The average Bonchev–Trinajstić information content (AvgIpc) is 1.62. The molecule has 1 saturated carbocycles. The van der Waals surface area contributed by atoms with E-state index in [0.29, 0.717) is 47.2 Å². The van der Waals surface area contributed by atoms with E-state index < -0.39 is 11.0 Å². The van der Waals surface area contributed by atoms with Gasteiger partial charge in [0.05, 0.1) is 12.7 Å². The van der Waals surface area contributed by atoms with Crippen molar-refractivity contribution in [2.75, 3.05) is 121 Å². The molecule has 2 fully saturated rings. The number of allylic oxidation sites excluding steroid dienone is 6. The van der Waals surface area contributed by atoms with Gasteiger partial charge in [0.1, 0.15) is 11.0 Å².